The van der Waals surface area contributed by atoms with Crippen molar-refractivity contribution in [3.05, 3.63) is 171 Å². The summed E-state index contributed by atoms with van der Waals surface area (Å²) in [5, 5.41) is 12.1. The van der Waals surface area contributed by atoms with E-state index in [2.05, 4.69) is 5.32 Å². The van der Waals surface area contributed by atoms with Gasteiger partial charge < -0.3 is 110 Å². The predicted molar refractivity (Wildman–Crippen MR) is 488 cm³/mol. The maximum atomic E-state index is 16.2. The number of carbonyl (C=O) groups excluding carboxylic acids is 5. The van der Waals surface area contributed by atoms with Crippen molar-refractivity contribution in [2.75, 3.05) is 121 Å². The Balaban J connectivity index is 0.000000194. The van der Waals surface area contributed by atoms with E-state index in [1.807, 2.05) is 49.0 Å². The number of benzene rings is 5. The Morgan fingerprint density at radius 1 is 0.534 bits per heavy atom. The van der Waals surface area contributed by atoms with Gasteiger partial charge in [-0.2, -0.15) is 0 Å². The summed E-state index contributed by atoms with van der Waals surface area (Å²) < 4.78 is 135. The summed E-state index contributed by atoms with van der Waals surface area (Å²) >= 11 is 0. The molecular formula is C90H113F3N9O26P3. The molecule has 0 radical (unpaired) electrons. The number of nitrogens with one attached hydrogen (secondary N) is 1. The van der Waals surface area contributed by atoms with Crippen LogP contribution in [0.3, 0.4) is 0 Å². The third kappa shape index (κ3) is 22.6. The second-order valence-electron chi connectivity index (χ2n) is 34.5. The van der Waals surface area contributed by atoms with Gasteiger partial charge in [-0.3, -0.25) is 23.5 Å². The van der Waals surface area contributed by atoms with Gasteiger partial charge >= 0.3 is 45.3 Å². The highest BCUT2D eigenvalue weighted by Gasteiger charge is 2.45. The third-order valence-corrected chi connectivity index (χ3v) is 29.6. The van der Waals surface area contributed by atoms with Crippen LogP contribution in [0.2, 0.25) is 0 Å². The average Bonchev–Trinajstić information content (AvgIpc) is 1.73. The smallest absolute Gasteiger partial charge is 0.410 e. The number of carboxylic acids is 1. The molecule has 3 aliphatic heterocycles. The maximum absolute atomic E-state index is 16.2. The van der Waals surface area contributed by atoms with E-state index in [0.717, 1.165) is 56.7 Å². The number of carbonyl (C=O) groups is 6. The molecule has 710 valence electrons. The first-order valence-electron chi connectivity index (χ1n) is 43.2. The van der Waals surface area contributed by atoms with Crippen LogP contribution in [0.4, 0.5) is 39.8 Å². The molecule has 0 spiro atoms. The molecular weight excluding hydrogens is 1770 g/mol. The lowest BCUT2D eigenvalue weighted by Gasteiger charge is -2.41. The van der Waals surface area contributed by atoms with Gasteiger partial charge in [0.2, 0.25) is 16.3 Å². The molecule has 3 aliphatic carbocycles. The van der Waals surface area contributed by atoms with E-state index in [1.165, 1.54) is 64.2 Å². The van der Waals surface area contributed by atoms with Crippen LogP contribution in [0.1, 0.15) is 200 Å². The predicted octanol–water partition coefficient (Wildman–Crippen LogP) is 15.5. The van der Waals surface area contributed by atoms with Gasteiger partial charge in [0.1, 0.15) is 73.8 Å². The standard InChI is InChI=1S/C39H54FN3O10P2.C27H29FN3O8P.C24H30FN3O6.O2/c1-10-49-54(13-4)37(55(47,50-11-2)51-12-3)26-14-18-28(19-15-26)52-36(45)30-24-43(27-16-17-27)32-29(34(30)44)22-31(40)33(35(32)48-9)41-20-21-42(25(5)23-41)38(46)53-39(6,7)8;1-15-12-30(10-9-29-15)24-21(28)11-19-23(26(24)38-2)31(17-5-6-17)13-20(25(19)33)27(34)39-18-7-3-16(4-8-18)22(14-32)40(35,36)37;1-13-11-26(8-9-27(13)23(32)34-24(2,3)4)19-17(25)10-15-18(21(19)33-5)28(14-6-7-14)12-16(20(15)29)22(30)31;1-2/h14-15,18-19,22,24-25,27,37H,10-13,16-17,20-21,23H2,1-9H3;3-4,7-8,11,13-15,17,22,29H,5-6,9-10,12H2,1-2H3,(H2,35,36,37);10,12-14H,6-9,11H2,1-5H3,(H,30,31);. The summed E-state index contributed by atoms with van der Waals surface area (Å²) in [6.07, 6.45) is 9.01. The van der Waals surface area contributed by atoms with Crippen LogP contribution in [0.15, 0.2) is 99.7 Å². The number of ether oxygens (including phenoxy) is 7. The maximum Gasteiger partial charge on any atom is 0.410 e. The highest BCUT2D eigenvalue weighted by Crippen LogP contribution is 2.74. The van der Waals surface area contributed by atoms with Gasteiger partial charge in [0, 0.05) is 138 Å². The van der Waals surface area contributed by atoms with E-state index in [1.54, 1.807) is 103 Å². The molecule has 5 aromatic carbocycles. The molecule has 2 amide bonds. The Bertz CT molecular complexity index is 5880. The number of anilines is 3. The molecule has 6 atom stereocenters. The number of nitrogens with zero attached hydrogens (tertiary/aromatic N) is 8. The number of piperazine rings is 3. The first-order valence-corrected chi connectivity index (χ1v) is 48.0. The minimum absolute atomic E-state index is 0.00369. The Kier molecular flexibility index (Phi) is 32.3. The summed E-state index contributed by atoms with van der Waals surface area (Å²) in [5.41, 5.74) is -3.50. The number of methoxy groups -OCH3 is 3. The molecule has 3 saturated heterocycles. The Hall–Kier alpha value is -10.8. The summed E-state index contributed by atoms with van der Waals surface area (Å²) in [6, 6.07) is 14.5. The largest absolute Gasteiger partial charge is 0.492 e. The van der Waals surface area contributed by atoms with Crippen LogP contribution in [0, 0.1) is 27.4 Å². The van der Waals surface area contributed by atoms with Crippen molar-refractivity contribution in [3.8, 4) is 28.7 Å². The van der Waals surface area contributed by atoms with Gasteiger partial charge in [0.05, 0.1) is 67.3 Å². The molecule has 6 aliphatic rings. The van der Waals surface area contributed by atoms with Crippen molar-refractivity contribution in [2.45, 2.75) is 187 Å². The molecule has 35 nitrogen and oxygen atoms in total. The van der Waals surface area contributed by atoms with Crippen molar-refractivity contribution in [1.82, 2.24) is 28.8 Å². The van der Waals surface area contributed by atoms with E-state index in [0.29, 0.717) is 93.8 Å². The van der Waals surface area contributed by atoms with Crippen molar-refractivity contribution in [1.29, 1.82) is 0 Å². The van der Waals surface area contributed by atoms with Gasteiger partial charge in [0.15, 0.2) is 34.7 Å². The zero-order valence-electron chi connectivity index (χ0n) is 76.0. The lowest BCUT2D eigenvalue weighted by Crippen LogP contribution is -2.55. The van der Waals surface area contributed by atoms with Crippen molar-refractivity contribution >= 4 is 109 Å². The van der Waals surface area contributed by atoms with Crippen LogP contribution in [0.25, 0.3) is 32.7 Å². The number of aldehydes is 1. The molecule has 131 heavy (non-hydrogen) atoms. The SMILES string of the molecule is CCOP(CC)C(c1ccc(OC(=O)c2cn(C3CC3)c3c(OC)c(N4CCN(C(=O)OC(C)(C)C)C(C)C4)c(F)cc3c2=O)cc1)P(=O)(OCC)OCC.COc1c(N2CCN(C(=O)OC(C)(C)C)C(C)C2)c(F)cc2c(=O)c(C(=O)O)cn(C3CC3)c12.COc1c(N2CCNC(C)C2)c(F)cc2c(=O)c(C(=O)Oc3ccc(C(C=O)P(=O)(O)O)cc3)cn(C3CC3)c12.O=O. The molecule has 6 heterocycles. The van der Waals surface area contributed by atoms with E-state index in [4.69, 9.17) is 56.7 Å². The van der Waals surface area contributed by atoms with Crippen LogP contribution in [-0.4, -0.2) is 210 Å². The van der Waals surface area contributed by atoms with Gasteiger partial charge in [-0.1, -0.05) is 31.2 Å². The Morgan fingerprint density at radius 3 is 1.20 bits per heavy atom. The summed E-state index contributed by atoms with van der Waals surface area (Å²) in [7, 11) is -5.35. The lowest BCUT2D eigenvalue weighted by molar-refractivity contribution is -0.107. The Labute approximate surface area is 755 Å². The zero-order valence-corrected chi connectivity index (χ0v) is 78.7. The molecule has 4 N–H and O–H groups in total. The molecule has 3 saturated carbocycles. The number of aromatic nitrogens is 3. The molecule has 0 bridgehead atoms. The molecule has 6 unspecified atom stereocenters. The first-order chi connectivity index (χ1) is 62.1. The second-order valence-corrected chi connectivity index (χ2v) is 41.0. The van der Waals surface area contributed by atoms with Crippen LogP contribution >= 0.6 is 23.3 Å². The van der Waals surface area contributed by atoms with E-state index >= 15 is 13.2 Å². The highest BCUT2D eigenvalue weighted by atomic mass is 31.2. The van der Waals surface area contributed by atoms with Gasteiger partial charge in [0.25, 0.3) is 0 Å². The number of pyridine rings is 3. The Morgan fingerprint density at radius 2 is 0.893 bits per heavy atom. The quantitative estimate of drug-likeness (QED) is 0.0161. The molecule has 3 aromatic heterocycles. The van der Waals surface area contributed by atoms with E-state index < -0.39 is 115 Å². The number of aromatic carboxylic acids is 1. The second kappa shape index (κ2) is 42.0. The lowest BCUT2D eigenvalue weighted by atomic mass is 10.1. The fourth-order valence-corrected chi connectivity index (χ4v) is 22.7. The van der Waals surface area contributed by atoms with Crippen molar-refractivity contribution in [2.24, 2.45) is 0 Å². The van der Waals surface area contributed by atoms with Crippen molar-refractivity contribution in [3.63, 3.8) is 0 Å². The topological polar surface area (TPSA) is 418 Å². The van der Waals surface area contributed by atoms with Crippen LogP contribution in [0.5, 0.6) is 28.7 Å². The molecule has 14 rings (SSSR count). The normalized spacial score (nSPS) is 17.9. The first kappa shape index (κ1) is 101. The third-order valence-electron chi connectivity index (χ3n) is 22.6. The van der Waals surface area contributed by atoms with Gasteiger partial charge in [-0.05, 0) is 181 Å². The fourth-order valence-electron chi connectivity index (χ4n) is 16.5. The number of esters is 2. The van der Waals surface area contributed by atoms with Crippen LogP contribution in [-0.2, 0) is 37.0 Å². The zero-order chi connectivity index (χ0) is 96.0. The van der Waals surface area contributed by atoms with Crippen LogP contribution < -0.4 is 60.0 Å². The molecule has 6 fully saturated rings. The fraction of sp³-hybridized carbons (Fsp3) is 0.500. The van der Waals surface area contributed by atoms with Gasteiger partial charge in [-0.15, -0.1) is 0 Å². The van der Waals surface area contributed by atoms with Crippen molar-refractivity contribution < 1.29 is 113 Å². The number of hydrogen-bond donors (Lipinski definition) is 4. The number of amides is 2. The number of fused-ring (bicyclic) bond motifs is 3. The minimum atomic E-state index is -4.72. The number of hydrogen-bond acceptors (Lipinski definition) is 27. The summed E-state index contributed by atoms with van der Waals surface area (Å²) in [5.74, 6) is -4.47. The molecule has 8 aromatic rings. The number of halogens is 3. The minimum Gasteiger partial charge on any atom is -0.492 e. The van der Waals surface area contributed by atoms with Gasteiger partial charge in [-0.25, -0.2) is 37.1 Å². The van der Waals surface area contributed by atoms with E-state index in [9.17, 15) is 67.2 Å². The summed E-state index contributed by atoms with van der Waals surface area (Å²) in [6.45, 7) is 28.4. The summed E-state index contributed by atoms with van der Waals surface area (Å²) in [4.78, 5) is 157. The average molecular weight is 1890 g/mol. The number of rotatable bonds is 27. The monoisotopic (exact) mass is 1890 g/mol. The highest BCUT2D eigenvalue weighted by molar-refractivity contribution is 7.71. The molecule has 41 heteroatoms. The van der Waals surface area contributed by atoms with E-state index in [-0.39, 0.29) is 134 Å². The number of carboxylic acid groups (broad SMARTS) is 1.